The van der Waals surface area contributed by atoms with E-state index < -0.39 is 11.7 Å². The van der Waals surface area contributed by atoms with Crippen molar-refractivity contribution in [1.82, 2.24) is 9.80 Å². The largest absolute Gasteiger partial charge is 0.416 e. The summed E-state index contributed by atoms with van der Waals surface area (Å²) in [6.07, 6.45) is 0.260. The molecule has 0 aromatic heterocycles. The highest BCUT2D eigenvalue weighted by Gasteiger charge is 2.29. The van der Waals surface area contributed by atoms with Crippen molar-refractivity contribution in [3.8, 4) is 0 Å². The third-order valence-electron chi connectivity index (χ3n) is 3.07. The predicted molar refractivity (Wildman–Crippen MR) is 73.7 cm³/mol. The molecule has 0 bridgehead atoms. The summed E-state index contributed by atoms with van der Waals surface area (Å²) in [5.41, 5.74) is -0.0637. The molecule has 0 spiro atoms. The lowest BCUT2D eigenvalue weighted by Crippen LogP contribution is -2.22. The SMILES string of the molecule is CN1C=CN(COCc2ccc(C(F)(F)F)cc2)/C1=C/N=O. The summed E-state index contributed by atoms with van der Waals surface area (Å²) in [5.74, 6) is 0.558. The minimum Gasteiger partial charge on any atom is -0.356 e. The van der Waals surface area contributed by atoms with E-state index in [9.17, 15) is 18.1 Å². The summed E-state index contributed by atoms with van der Waals surface area (Å²) >= 11 is 0. The fraction of sp³-hybridized carbons (Fsp3) is 0.286. The average Bonchev–Trinajstić information content (AvgIpc) is 2.80. The first-order valence-electron chi connectivity index (χ1n) is 6.36. The highest BCUT2D eigenvalue weighted by Crippen LogP contribution is 2.29. The summed E-state index contributed by atoms with van der Waals surface area (Å²) in [5, 5.41) is 2.72. The number of nitroso groups, excluding NO2 is 1. The molecule has 1 aliphatic heterocycles. The lowest BCUT2D eigenvalue weighted by Gasteiger charge is -2.20. The zero-order valence-corrected chi connectivity index (χ0v) is 11.7. The lowest BCUT2D eigenvalue weighted by atomic mass is 10.1. The van der Waals surface area contributed by atoms with Crippen LogP contribution in [0.15, 0.2) is 53.9 Å². The second-order valence-electron chi connectivity index (χ2n) is 4.64. The van der Waals surface area contributed by atoms with Crippen molar-refractivity contribution >= 4 is 0 Å². The van der Waals surface area contributed by atoms with E-state index in [1.54, 1.807) is 29.2 Å². The maximum absolute atomic E-state index is 12.4. The van der Waals surface area contributed by atoms with Gasteiger partial charge in [-0.3, -0.25) is 0 Å². The third-order valence-corrected chi connectivity index (χ3v) is 3.07. The summed E-state index contributed by atoms with van der Waals surface area (Å²) < 4.78 is 42.7. The van der Waals surface area contributed by atoms with Crippen LogP contribution < -0.4 is 0 Å². The van der Waals surface area contributed by atoms with E-state index in [1.165, 1.54) is 12.1 Å². The molecule has 0 N–H and O–H groups in total. The van der Waals surface area contributed by atoms with Crippen LogP contribution in [0.25, 0.3) is 0 Å². The Morgan fingerprint density at radius 2 is 1.91 bits per heavy atom. The molecule has 1 aromatic carbocycles. The van der Waals surface area contributed by atoms with Gasteiger partial charge in [-0.1, -0.05) is 12.1 Å². The van der Waals surface area contributed by atoms with Gasteiger partial charge in [0, 0.05) is 19.4 Å². The van der Waals surface area contributed by atoms with E-state index in [2.05, 4.69) is 5.18 Å². The van der Waals surface area contributed by atoms with Crippen molar-refractivity contribution in [2.75, 3.05) is 13.8 Å². The zero-order chi connectivity index (χ0) is 16.2. The Morgan fingerprint density at radius 3 is 2.50 bits per heavy atom. The van der Waals surface area contributed by atoms with E-state index in [0.717, 1.165) is 18.3 Å². The van der Waals surface area contributed by atoms with Gasteiger partial charge in [-0.2, -0.15) is 13.2 Å². The van der Waals surface area contributed by atoms with E-state index >= 15 is 0 Å². The molecule has 0 radical (unpaired) electrons. The Kier molecular flexibility index (Phi) is 4.81. The van der Waals surface area contributed by atoms with E-state index in [1.807, 2.05) is 0 Å². The van der Waals surface area contributed by atoms with Gasteiger partial charge in [0.1, 0.15) is 18.8 Å². The molecular formula is C14H14F3N3O2. The monoisotopic (exact) mass is 313 g/mol. The normalized spacial score (nSPS) is 16.6. The van der Waals surface area contributed by atoms with E-state index in [0.29, 0.717) is 11.4 Å². The van der Waals surface area contributed by atoms with Crippen LogP contribution in [0.5, 0.6) is 0 Å². The minimum atomic E-state index is -4.34. The molecule has 1 aliphatic rings. The second kappa shape index (κ2) is 6.61. The molecule has 0 amide bonds. The van der Waals surface area contributed by atoms with Crippen LogP contribution >= 0.6 is 0 Å². The van der Waals surface area contributed by atoms with Gasteiger partial charge in [-0.15, -0.1) is 4.91 Å². The molecule has 0 fully saturated rings. The Morgan fingerprint density at radius 1 is 1.23 bits per heavy atom. The number of ether oxygens (including phenoxy) is 1. The summed E-state index contributed by atoms with van der Waals surface area (Å²) in [6.45, 7) is 0.317. The fourth-order valence-corrected chi connectivity index (χ4v) is 1.91. The molecular weight excluding hydrogens is 299 g/mol. The quantitative estimate of drug-likeness (QED) is 0.781. The standard InChI is InChI=1S/C14H14F3N3O2/c1-19-6-7-20(13(19)8-18-21)10-22-9-11-2-4-12(5-3-11)14(15,16)17/h2-8H,9-10H2,1H3/b13-8+. The number of nitrogens with zero attached hydrogens (tertiary/aromatic N) is 3. The highest BCUT2D eigenvalue weighted by atomic mass is 19.4. The van der Waals surface area contributed by atoms with Crippen LogP contribution in [0.2, 0.25) is 0 Å². The van der Waals surface area contributed by atoms with Crippen molar-refractivity contribution in [2.24, 2.45) is 5.18 Å². The topological polar surface area (TPSA) is 45.1 Å². The van der Waals surface area contributed by atoms with Crippen molar-refractivity contribution in [3.05, 3.63) is 64.7 Å². The van der Waals surface area contributed by atoms with Gasteiger partial charge in [-0.25, -0.2) is 0 Å². The summed E-state index contributed by atoms with van der Waals surface area (Å²) in [6, 6.07) is 4.78. The Hall–Kier alpha value is -2.35. The van der Waals surface area contributed by atoms with Crippen molar-refractivity contribution in [2.45, 2.75) is 12.8 Å². The molecule has 118 valence electrons. The summed E-state index contributed by atoms with van der Waals surface area (Å²) in [4.78, 5) is 13.7. The smallest absolute Gasteiger partial charge is 0.356 e. The van der Waals surface area contributed by atoms with Crippen LogP contribution in [0.4, 0.5) is 13.2 Å². The highest BCUT2D eigenvalue weighted by molar-refractivity contribution is 5.24. The average molecular weight is 313 g/mol. The number of benzene rings is 1. The molecule has 0 aliphatic carbocycles. The molecule has 0 unspecified atom stereocenters. The van der Waals surface area contributed by atoms with Crippen molar-refractivity contribution in [1.29, 1.82) is 0 Å². The Bertz CT molecular complexity index is 582. The number of rotatable bonds is 5. The van der Waals surface area contributed by atoms with Gasteiger partial charge in [0.2, 0.25) is 0 Å². The van der Waals surface area contributed by atoms with E-state index in [-0.39, 0.29) is 13.3 Å². The Balaban J connectivity index is 1.88. The third kappa shape index (κ3) is 3.85. The van der Waals surface area contributed by atoms with Crippen LogP contribution in [0.3, 0.4) is 0 Å². The van der Waals surface area contributed by atoms with Gasteiger partial charge in [0.25, 0.3) is 0 Å². The van der Waals surface area contributed by atoms with Crippen LogP contribution in [0, 0.1) is 4.91 Å². The first-order chi connectivity index (χ1) is 10.4. The molecule has 1 heterocycles. The molecule has 0 atom stereocenters. The first-order valence-corrected chi connectivity index (χ1v) is 6.36. The van der Waals surface area contributed by atoms with Gasteiger partial charge in [0.05, 0.1) is 12.2 Å². The van der Waals surface area contributed by atoms with Crippen LogP contribution in [0.1, 0.15) is 11.1 Å². The first kappa shape index (κ1) is 16.0. The molecule has 0 saturated heterocycles. The van der Waals surface area contributed by atoms with Crippen LogP contribution in [-0.2, 0) is 17.5 Å². The molecule has 0 saturated carbocycles. The number of hydrogen-bond acceptors (Lipinski definition) is 5. The second-order valence-corrected chi connectivity index (χ2v) is 4.64. The molecule has 22 heavy (non-hydrogen) atoms. The predicted octanol–water partition coefficient (Wildman–Crippen LogP) is 3.46. The Labute approximate surface area is 125 Å². The van der Waals surface area contributed by atoms with Crippen molar-refractivity contribution < 1.29 is 17.9 Å². The van der Waals surface area contributed by atoms with Gasteiger partial charge in [-0.05, 0) is 22.9 Å². The molecule has 8 heteroatoms. The number of halogens is 3. The number of hydrogen-bond donors (Lipinski definition) is 0. The molecule has 2 rings (SSSR count). The van der Waals surface area contributed by atoms with Gasteiger partial charge in [0.15, 0.2) is 0 Å². The van der Waals surface area contributed by atoms with Gasteiger partial charge >= 0.3 is 6.18 Å². The van der Waals surface area contributed by atoms with Gasteiger partial charge < -0.3 is 14.5 Å². The lowest BCUT2D eigenvalue weighted by molar-refractivity contribution is -0.137. The maximum atomic E-state index is 12.4. The molecule has 5 nitrogen and oxygen atoms in total. The van der Waals surface area contributed by atoms with Crippen molar-refractivity contribution in [3.63, 3.8) is 0 Å². The summed E-state index contributed by atoms with van der Waals surface area (Å²) in [7, 11) is 1.75. The fourth-order valence-electron chi connectivity index (χ4n) is 1.91. The zero-order valence-electron chi connectivity index (χ0n) is 11.7. The molecule has 1 aromatic rings. The maximum Gasteiger partial charge on any atom is 0.416 e. The number of alkyl halides is 3. The van der Waals surface area contributed by atoms with Crippen LogP contribution in [-0.4, -0.2) is 23.6 Å². The van der Waals surface area contributed by atoms with E-state index in [4.69, 9.17) is 4.74 Å². The minimum absolute atomic E-state index is 0.156.